The van der Waals surface area contributed by atoms with E-state index in [1.165, 1.54) is 0 Å². The lowest BCUT2D eigenvalue weighted by Gasteiger charge is -2.26. The van der Waals surface area contributed by atoms with Crippen molar-refractivity contribution < 1.29 is 14.7 Å². The van der Waals surface area contributed by atoms with Crippen LogP contribution in [-0.4, -0.2) is 29.6 Å². The van der Waals surface area contributed by atoms with Crippen LogP contribution in [0.4, 0.5) is 5.69 Å². The number of halogens is 1. The smallest absolute Gasteiger partial charge is 0.313 e. The zero-order chi connectivity index (χ0) is 16.9. The Bertz CT molecular complexity index is 556. The first-order chi connectivity index (χ1) is 10.1. The van der Waals surface area contributed by atoms with E-state index in [0.717, 1.165) is 5.56 Å². The molecular weight excluding hydrogens is 304 g/mol. The van der Waals surface area contributed by atoms with Crippen LogP contribution in [-0.2, 0) is 9.59 Å². The van der Waals surface area contributed by atoms with Crippen molar-refractivity contribution in [1.82, 2.24) is 5.32 Å². The van der Waals surface area contributed by atoms with Crippen molar-refractivity contribution in [3.63, 3.8) is 0 Å². The van der Waals surface area contributed by atoms with E-state index in [2.05, 4.69) is 10.6 Å². The summed E-state index contributed by atoms with van der Waals surface area (Å²) in [6, 6.07) is 5.08. The summed E-state index contributed by atoms with van der Waals surface area (Å²) in [7, 11) is 0. The third kappa shape index (κ3) is 6.03. The lowest BCUT2D eigenvalue weighted by molar-refractivity contribution is -0.136. The topological polar surface area (TPSA) is 78.4 Å². The molecule has 0 aromatic heterocycles. The molecule has 0 aliphatic heterocycles. The van der Waals surface area contributed by atoms with Crippen LogP contribution in [0.25, 0.3) is 0 Å². The summed E-state index contributed by atoms with van der Waals surface area (Å²) in [5.41, 5.74) is 1.03. The SMILES string of the molecule is Cc1ccc(Cl)cc1NC(=O)C(=O)NCC(C)(C)CC(C)O. The highest BCUT2D eigenvalue weighted by Crippen LogP contribution is 2.21. The number of hydrogen-bond acceptors (Lipinski definition) is 3. The van der Waals surface area contributed by atoms with Gasteiger partial charge in [0.15, 0.2) is 0 Å². The summed E-state index contributed by atoms with van der Waals surface area (Å²) in [6.07, 6.45) is 0.0669. The Morgan fingerprint density at radius 1 is 1.32 bits per heavy atom. The van der Waals surface area contributed by atoms with Gasteiger partial charge >= 0.3 is 11.8 Å². The zero-order valence-electron chi connectivity index (χ0n) is 13.4. The van der Waals surface area contributed by atoms with Crippen molar-refractivity contribution in [2.75, 3.05) is 11.9 Å². The first-order valence-corrected chi connectivity index (χ1v) is 7.52. The third-order valence-corrected chi connectivity index (χ3v) is 3.46. The van der Waals surface area contributed by atoms with Gasteiger partial charge in [-0.25, -0.2) is 0 Å². The predicted octanol–water partition coefficient (Wildman–Crippen LogP) is 2.50. The van der Waals surface area contributed by atoms with Crippen LogP contribution in [0.2, 0.25) is 5.02 Å². The molecular formula is C16H23ClN2O3. The number of hydrogen-bond donors (Lipinski definition) is 3. The van der Waals surface area contributed by atoms with Crippen LogP contribution in [0.5, 0.6) is 0 Å². The number of rotatable bonds is 5. The molecule has 6 heteroatoms. The van der Waals surface area contributed by atoms with Crippen molar-refractivity contribution in [1.29, 1.82) is 0 Å². The molecule has 0 bridgehead atoms. The fraction of sp³-hybridized carbons (Fsp3) is 0.500. The van der Waals surface area contributed by atoms with Crippen LogP contribution in [0.15, 0.2) is 18.2 Å². The van der Waals surface area contributed by atoms with Gasteiger partial charge in [0.2, 0.25) is 0 Å². The van der Waals surface area contributed by atoms with Gasteiger partial charge in [0.25, 0.3) is 0 Å². The van der Waals surface area contributed by atoms with Gasteiger partial charge in [0.05, 0.1) is 6.10 Å². The maximum Gasteiger partial charge on any atom is 0.313 e. The van der Waals surface area contributed by atoms with E-state index < -0.39 is 17.9 Å². The highest BCUT2D eigenvalue weighted by atomic mass is 35.5. The fourth-order valence-corrected chi connectivity index (χ4v) is 2.35. The predicted molar refractivity (Wildman–Crippen MR) is 87.9 cm³/mol. The van der Waals surface area contributed by atoms with Crippen LogP contribution in [0.1, 0.15) is 32.8 Å². The highest BCUT2D eigenvalue weighted by molar-refractivity contribution is 6.40. The summed E-state index contributed by atoms with van der Waals surface area (Å²) in [4.78, 5) is 23.8. The van der Waals surface area contributed by atoms with Crippen molar-refractivity contribution >= 4 is 29.1 Å². The van der Waals surface area contributed by atoms with Gasteiger partial charge in [-0.3, -0.25) is 9.59 Å². The molecule has 122 valence electrons. The molecule has 0 saturated carbocycles. The molecule has 1 atom stereocenters. The number of benzene rings is 1. The number of nitrogens with one attached hydrogen (secondary N) is 2. The Morgan fingerprint density at radius 2 is 1.95 bits per heavy atom. The minimum absolute atomic E-state index is 0.296. The second-order valence-corrected chi connectivity index (χ2v) is 6.75. The van der Waals surface area contributed by atoms with E-state index in [4.69, 9.17) is 11.6 Å². The summed E-state index contributed by atoms with van der Waals surface area (Å²) in [5, 5.41) is 15.0. The molecule has 1 rings (SSSR count). The minimum atomic E-state index is -0.738. The number of carbonyl (C=O) groups is 2. The van der Waals surface area contributed by atoms with E-state index in [1.54, 1.807) is 25.1 Å². The lowest BCUT2D eigenvalue weighted by Crippen LogP contribution is -2.41. The van der Waals surface area contributed by atoms with Gasteiger partial charge in [-0.05, 0) is 43.4 Å². The molecule has 1 unspecified atom stereocenters. The first kappa shape index (κ1) is 18.5. The number of anilines is 1. The average molecular weight is 327 g/mol. The molecule has 0 aliphatic rings. The van der Waals surface area contributed by atoms with E-state index in [1.807, 2.05) is 20.8 Å². The fourth-order valence-electron chi connectivity index (χ4n) is 2.18. The Kier molecular flexibility index (Phi) is 6.38. The van der Waals surface area contributed by atoms with Crippen LogP contribution in [0, 0.1) is 12.3 Å². The zero-order valence-corrected chi connectivity index (χ0v) is 14.1. The average Bonchev–Trinajstić information content (AvgIpc) is 2.38. The van der Waals surface area contributed by atoms with Gasteiger partial charge in [-0.2, -0.15) is 0 Å². The molecule has 0 radical (unpaired) electrons. The van der Waals surface area contributed by atoms with E-state index in [0.29, 0.717) is 23.7 Å². The molecule has 1 aromatic carbocycles. The maximum atomic E-state index is 11.9. The van der Waals surface area contributed by atoms with Crippen molar-refractivity contribution in [3.05, 3.63) is 28.8 Å². The van der Waals surface area contributed by atoms with E-state index in [9.17, 15) is 14.7 Å². The number of aliphatic hydroxyl groups excluding tert-OH is 1. The molecule has 0 aliphatic carbocycles. The normalized spacial score (nSPS) is 12.6. The number of amides is 2. The van der Waals surface area contributed by atoms with Gasteiger partial charge in [0, 0.05) is 17.3 Å². The molecule has 2 amide bonds. The summed E-state index contributed by atoms with van der Waals surface area (Å²) in [6.45, 7) is 7.64. The second kappa shape index (κ2) is 7.61. The quantitative estimate of drug-likeness (QED) is 0.727. The Labute approximate surface area is 136 Å². The van der Waals surface area contributed by atoms with Gasteiger partial charge in [-0.1, -0.05) is 31.5 Å². The van der Waals surface area contributed by atoms with Gasteiger partial charge in [0.1, 0.15) is 0 Å². The molecule has 0 spiro atoms. The van der Waals surface area contributed by atoms with Crippen molar-refractivity contribution in [2.24, 2.45) is 5.41 Å². The third-order valence-electron chi connectivity index (χ3n) is 3.23. The lowest BCUT2D eigenvalue weighted by atomic mass is 9.87. The van der Waals surface area contributed by atoms with Crippen molar-refractivity contribution in [2.45, 2.75) is 40.2 Å². The summed E-state index contributed by atoms with van der Waals surface area (Å²) < 4.78 is 0. The molecule has 0 heterocycles. The van der Waals surface area contributed by atoms with E-state index in [-0.39, 0.29) is 5.41 Å². The molecule has 22 heavy (non-hydrogen) atoms. The van der Waals surface area contributed by atoms with Crippen LogP contribution >= 0.6 is 11.6 Å². The highest BCUT2D eigenvalue weighted by Gasteiger charge is 2.23. The number of aryl methyl sites for hydroxylation is 1. The Hall–Kier alpha value is -1.59. The maximum absolute atomic E-state index is 11.9. The molecule has 1 aromatic rings. The molecule has 0 fully saturated rings. The standard InChI is InChI=1S/C16H23ClN2O3/c1-10-5-6-12(17)7-13(10)19-15(22)14(21)18-9-16(3,4)8-11(2)20/h5-7,11,20H,8-9H2,1-4H3,(H,18,21)(H,19,22). The van der Waals surface area contributed by atoms with Gasteiger partial charge < -0.3 is 15.7 Å². The molecule has 5 nitrogen and oxygen atoms in total. The van der Waals surface area contributed by atoms with Crippen molar-refractivity contribution in [3.8, 4) is 0 Å². The molecule has 0 saturated heterocycles. The second-order valence-electron chi connectivity index (χ2n) is 6.31. The number of aliphatic hydroxyl groups is 1. The molecule has 3 N–H and O–H groups in total. The Balaban J connectivity index is 2.59. The Morgan fingerprint density at radius 3 is 2.55 bits per heavy atom. The number of carbonyl (C=O) groups excluding carboxylic acids is 2. The monoisotopic (exact) mass is 326 g/mol. The first-order valence-electron chi connectivity index (χ1n) is 7.14. The summed E-state index contributed by atoms with van der Waals surface area (Å²) in [5.74, 6) is -1.45. The van der Waals surface area contributed by atoms with Gasteiger partial charge in [-0.15, -0.1) is 0 Å². The summed E-state index contributed by atoms with van der Waals surface area (Å²) >= 11 is 5.87. The largest absolute Gasteiger partial charge is 0.393 e. The van der Waals surface area contributed by atoms with Crippen LogP contribution in [0.3, 0.4) is 0 Å². The van der Waals surface area contributed by atoms with E-state index >= 15 is 0 Å². The minimum Gasteiger partial charge on any atom is -0.393 e. The van der Waals surface area contributed by atoms with Crippen LogP contribution < -0.4 is 10.6 Å².